The maximum Gasteiger partial charge on any atom is 0.254 e. The van der Waals surface area contributed by atoms with E-state index in [1.165, 1.54) is 11.0 Å². The van der Waals surface area contributed by atoms with E-state index >= 15 is 0 Å². The molecule has 0 bridgehead atoms. The first-order valence-corrected chi connectivity index (χ1v) is 8.38. The fourth-order valence-corrected chi connectivity index (χ4v) is 4.14. The fraction of sp³-hybridized carbons (Fsp3) is 0.538. The Labute approximate surface area is 118 Å². The number of pyridine rings is 1. The monoisotopic (exact) mass is 297 g/mol. The van der Waals surface area contributed by atoms with Crippen LogP contribution in [0.3, 0.4) is 0 Å². The lowest BCUT2D eigenvalue weighted by Crippen LogP contribution is -2.37. The summed E-state index contributed by atoms with van der Waals surface area (Å²) in [6, 6.07) is 2.98. The molecule has 1 saturated heterocycles. The predicted molar refractivity (Wildman–Crippen MR) is 77.2 cm³/mol. The minimum atomic E-state index is -3.01. The first-order valence-electron chi connectivity index (χ1n) is 6.56. The van der Waals surface area contributed by atoms with Gasteiger partial charge >= 0.3 is 0 Å². The first-order chi connectivity index (χ1) is 9.32. The first kappa shape index (κ1) is 14.8. The average molecular weight is 297 g/mol. The number of hydrogen-bond acceptors (Lipinski definition) is 5. The summed E-state index contributed by atoms with van der Waals surface area (Å²) < 4.78 is 23.0. The van der Waals surface area contributed by atoms with Crippen molar-refractivity contribution in [3.8, 4) is 0 Å². The molecule has 1 aliphatic rings. The lowest BCUT2D eigenvalue weighted by molar-refractivity contribution is 0.0747. The van der Waals surface area contributed by atoms with Crippen LogP contribution in [0.5, 0.6) is 0 Å². The third kappa shape index (κ3) is 3.09. The van der Waals surface area contributed by atoms with Crippen molar-refractivity contribution in [1.82, 2.24) is 9.88 Å². The number of carbonyl (C=O) groups excluding carboxylic acids is 1. The van der Waals surface area contributed by atoms with Gasteiger partial charge in [-0.15, -0.1) is 0 Å². The number of nitrogens with two attached hydrogens (primary N) is 1. The molecule has 1 fully saturated rings. The van der Waals surface area contributed by atoms with Crippen LogP contribution in [0.15, 0.2) is 12.1 Å². The highest BCUT2D eigenvalue weighted by Gasteiger charge is 2.33. The van der Waals surface area contributed by atoms with Gasteiger partial charge in [-0.3, -0.25) is 4.79 Å². The topological polar surface area (TPSA) is 93.4 Å². The van der Waals surface area contributed by atoms with Gasteiger partial charge in [-0.1, -0.05) is 6.92 Å². The Morgan fingerprint density at radius 3 is 2.75 bits per heavy atom. The number of aryl methyl sites for hydroxylation is 1. The Hall–Kier alpha value is -1.63. The molecule has 2 heterocycles. The lowest BCUT2D eigenvalue weighted by Gasteiger charge is -2.23. The second-order valence-electron chi connectivity index (χ2n) is 5.10. The lowest BCUT2D eigenvalue weighted by atomic mass is 10.1. The molecular weight excluding hydrogens is 278 g/mol. The van der Waals surface area contributed by atoms with Crippen LogP contribution in [0, 0.1) is 0 Å². The van der Waals surface area contributed by atoms with Crippen molar-refractivity contribution < 1.29 is 13.2 Å². The number of nitrogen functional groups attached to an aromatic ring is 1. The van der Waals surface area contributed by atoms with Crippen molar-refractivity contribution in [1.29, 1.82) is 0 Å². The molecule has 1 aliphatic heterocycles. The minimum absolute atomic E-state index is 0.0381. The molecule has 0 aromatic carbocycles. The van der Waals surface area contributed by atoms with Gasteiger partial charge in [-0.05, 0) is 25.0 Å². The number of anilines is 1. The zero-order valence-corrected chi connectivity index (χ0v) is 12.5. The minimum Gasteiger partial charge on any atom is -0.384 e. The van der Waals surface area contributed by atoms with Gasteiger partial charge in [0, 0.05) is 24.3 Å². The van der Waals surface area contributed by atoms with E-state index in [0.717, 1.165) is 5.69 Å². The van der Waals surface area contributed by atoms with Crippen LogP contribution in [-0.2, 0) is 16.3 Å². The molecule has 2 N–H and O–H groups in total. The maximum atomic E-state index is 12.4. The molecule has 2 rings (SSSR count). The molecule has 0 aliphatic carbocycles. The van der Waals surface area contributed by atoms with E-state index in [-0.39, 0.29) is 23.5 Å². The van der Waals surface area contributed by atoms with Crippen molar-refractivity contribution in [3.05, 3.63) is 23.4 Å². The molecule has 110 valence electrons. The molecule has 7 heteroatoms. The third-order valence-electron chi connectivity index (χ3n) is 3.58. The van der Waals surface area contributed by atoms with Gasteiger partial charge in [-0.25, -0.2) is 13.4 Å². The predicted octanol–water partition coefficient (Wildman–Crippen LogP) is 0.485. The molecule has 6 nitrogen and oxygen atoms in total. The van der Waals surface area contributed by atoms with Crippen LogP contribution in [-0.4, -0.2) is 48.8 Å². The van der Waals surface area contributed by atoms with Crippen LogP contribution in [0.25, 0.3) is 0 Å². The molecule has 20 heavy (non-hydrogen) atoms. The molecule has 0 saturated carbocycles. The van der Waals surface area contributed by atoms with Gasteiger partial charge in [0.05, 0.1) is 11.5 Å². The molecule has 1 unspecified atom stereocenters. The Balaban J connectivity index is 2.21. The summed E-state index contributed by atoms with van der Waals surface area (Å²) in [6.07, 6.45) is 1.18. The van der Waals surface area contributed by atoms with E-state index in [4.69, 9.17) is 5.73 Å². The van der Waals surface area contributed by atoms with Gasteiger partial charge in [0.2, 0.25) is 0 Å². The Kier molecular flexibility index (Phi) is 3.99. The van der Waals surface area contributed by atoms with Gasteiger partial charge < -0.3 is 10.6 Å². The fourth-order valence-electron chi connectivity index (χ4n) is 2.37. The van der Waals surface area contributed by atoms with Crippen LogP contribution < -0.4 is 5.73 Å². The van der Waals surface area contributed by atoms with Crippen LogP contribution in [0.4, 0.5) is 5.82 Å². The van der Waals surface area contributed by atoms with Crippen molar-refractivity contribution in [2.24, 2.45) is 0 Å². The molecule has 1 atom stereocenters. The summed E-state index contributed by atoms with van der Waals surface area (Å²) in [5.41, 5.74) is 6.90. The van der Waals surface area contributed by atoms with E-state index in [0.29, 0.717) is 24.2 Å². The normalized spacial score (nSPS) is 20.8. The number of sulfone groups is 1. The SMILES string of the molecule is CCc1cc(C(=O)N(C)C2CCS(=O)(=O)C2)cc(N)n1. The number of carbonyl (C=O) groups is 1. The molecular formula is C13H19N3O3S. The van der Waals surface area contributed by atoms with E-state index in [1.807, 2.05) is 6.92 Å². The van der Waals surface area contributed by atoms with Gasteiger partial charge in [0.1, 0.15) is 5.82 Å². The maximum absolute atomic E-state index is 12.4. The number of hydrogen-bond donors (Lipinski definition) is 1. The van der Waals surface area contributed by atoms with Crippen LogP contribution >= 0.6 is 0 Å². The van der Waals surface area contributed by atoms with Crippen LogP contribution in [0.2, 0.25) is 0 Å². The standard InChI is InChI=1S/C13H19N3O3S/c1-3-10-6-9(7-12(14)15-10)13(17)16(2)11-4-5-20(18,19)8-11/h6-7,11H,3-5,8H2,1-2H3,(H2,14,15). The van der Waals surface area contributed by atoms with Crippen molar-refractivity contribution in [3.63, 3.8) is 0 Å². The average Bonchev–Trinajstić information content (AvgIpc) is 2.76. The summed E-state index contributed by atoms with van der Waals surface area (Å²) in [5, 5.41) is 0. The van der Waals surface area contributed by atoms with Gasteiger partial charge in [0.15, 0.2) is 9.84 Å². The number of amides is 1. The summed E-state index contributed by atoms with van der Waals surface area (Å²) >= 11 is 0. The second-order valence-corrected chi connectivity index (χ2v) is 7.33. The molecule has 0 radical (unpaired) electrons. The van der Waals surface area contributed by atoms with Crippen molar-refractivity contribution in [2.45, 2.75) is 25.8 Å². The Morgan fingerprint density at radius 1 is 1.50 bits per heavy atom. The quantitative estimate of drug-likeness (QED) is 0.876. The smallest absolute Gasteiger partial charge is 0.254 e. The van der Waals surface area contributed by atoms with Gasteiger partial charge in [-0.2, -0.15) is 0 Å². The van der Waals surface area contributed by atoms with Gasteiger partial charge in [0.25, 0.3) is 5.91 Å². The Morgan fingerprint density at radius 2 is 2.20 bits per heavy atom. The van der Waals surface area contributed by atoms with E-state index < -0.39 is 9.84 Å². The van der Waals surface area contributed by atoms with E-state index in [1.54, 1.807) is 13.1 Å². The number of aromatic nitrogens is 1. The summed E-state index contributed by atoms with van der Waals surface area (Å²) in [6.45, 7) is 1.93. The molecule has 1 aromatic heterocycles. The molecule has 1 amide bonds. The number of nitrogens with zero attached hydrogens (tertiary/aromatic N) is 2. The summed E-state index contributed by atoms with van der Waals surface area (Å²) in [5.74, 6) is 0.279. The highest BCUT2D eigenvalue weighted by atomic mass is 32.2. The number of rotatable bonds is 3. The molecule has 1 aromatic rings. The Bertz CT molecular complexity index is 628. The highest BCUT2D eigenvalue weighted by molar-refractivity contribution is 7.91. The largest absolute Gasteiger partial charge is 0.384 e. The van der Waals surface area contributed by atoms with Crippen molar-refractivity contribution >= 4 is 21.6 Å². The summed E-state index contributed by atoms with van der Waals surface area (Å²) in [7, 11) is -1.37. The highest BCUT2D eigenvalue weighted by Crippen LogP contribution is 2.19. The zero-order valence-electron chi connectivity index (χ0n) is 11.7. The zero-order chi connectivity index (χ0) is 14.9. The van der Waals surface area contributed by atoms with Crippen LogP contribution in [0.1, 0.15) is 29.4 Å². The third-order valence-corrected chi connectivity index (χ3v) is 5.33. The summed E-state index contributed by atoms with van der Waals surface area (Å²) in [4.78, 5) is 18.0. The second kappa shape index (κ2) is 5.40. The van der Waals surface area contributed by atoms with E-state index in [9.17, 15) is 13.2 Å². The van der Waals surface area contributed by atoms with Crippen molar-refractivity contribution in [2.75, 3.05) is 24.3 Å². The van der Waals surface area contributed by atoms with E-state index in [2.05, 4.69) is 4.98 Å². The molecule has 0 spiro atoms.